The number of nitrogens with two attached hydrogens (primary N) is 1. The SMILES string of the molecule is NC(=O)c1cccc(-c2ccc(Cl)c(O)c2)c1. The average molecular weight is 248 g/mol. The summed E-state index contributed by atoms with van der Waals surface area (Å²) in [6.07, 6.45) is 0. The first-order chi connectivity index (χ1) is 8.08. The summed E-state index contributed by atoms with van der Waals surface area (Å²) >= 11 is 5.73. The summed E-state index contributed by atoms with van der Waals surface area (Å²) in [5.74, 6) is -0.473. The number of halogens is 1. The quantitative estimate of drug-likeness (QED) is 0.857. The van der Waals surface area contributed by atoms with Gasteiger partial charge in [-0.25, -0.2) is 0 Å². The molecule has 0 aliphatic rings. The fourth-order valence-corrected chi connectivity index (χ4v) is 1.66. The Balaban J connectivity index is 2.49. The molecule has 17 heavy (non-hydrogen) atoms. The summed E-state index contributed by atoms with van der Waals surface area (Å²) in [5.41, 5.74) is 7.21. The number of amides is 1. The molecule has 0 spiro atoms. The molecule has 3 N–H and O–H groups in total. The van der Waals surface area contributed by atoms with Crippen LogP contribution in [0.15, 0.2) is 42.5 Å². The molecule has 3 nitrogen and oxygen atoms in total. The highest BCUT2D eigenvalue weighted by Crippen LogP contribution is 2.29. The third-order valence-electron chi connectivity index (χ3n) is 2.43. The molecule has 0 atom stereocenters. The van der Waals surface area contributed by atoms with Gasteiger partial charge < -0.3 is 10.8 Å². The maximum absolute atomic E-state index is 11.1. The van der Waals surface area contributed by atoms with Gasteiger partial charge in [0, 0.05) is 5.56 Å². The highest BCUT2D eigenvalue weighted by Gasteiger charge is 2.05. The van der Waals surface area contributed by atoms with Gasteiger partial charge in [-0.2, -0.15) is 0 Å². The van der Waals surface area contributed by atoms with Crippen LogP contribution in [0.4, 0.5) is 0 Å². The van der Waals surface area contributed by atoms with Gasteiger partial charge in [-0.3, -0.25) is 4.79 Å². The molecule has 0 heterocycles. The summed E-state index contributed by atoms with van der Waals surface area (Å²) in [7, 11) is 0. The number of primary amides is 1. The van der Waals surface area contributed by atoms with E-state index >= 15 is 0 Å². The van der Waals surface area contributed by atoms with E-state index in [9.17, 15) is 9.90 Å². The van der Waals surface area contributed by atoms with Crippen molar-refractivity contribution in [2.45, 2.75) is 0 Å². The molecule has 0 aliphatic heterocycles. The predicted octanol–water partition coefficient (Wildman–Crippen LogP) is 2.81. The van der Waals surface area contributed by atoms with Crippen LogP contribution in [-0.4, -0.2) is 11.0 Å². The second-order valence-electron chi connectivity index (χ2n) is 3.61. The van der Waals surface area contributed by atoms with Crippen molar-refractivity contribution in [3.8, 4) is 16.9 Å². The van der Waals surface area contributed by atoms with Crippen molar-refractivity contribution in [3.63, 3.8) is 0 Å². The van der Waals surface area contributed by atoms with E-state index in [0.29, 0.717) is 10.6 Å². The summed E-state index contributed by atoms with van der Waals surface area (Å²) in [5, 5.41) is 9.81. The van der Waals surface area contributed by atoms with Crippen molar-refractivity contribution < 1.29 is 9.90 Å². The number of hydrogen-bond acceptors (Lipinski definition) is 2. The molecule has 2 aromatic carbocycles. The molecule has 2 aromatic rings. The van der Waals surface area contributed by atoms with Crippen LogP contribution in [0.3, 0.4) is 0 Å². The number of rotatable bonds is 2. The number of carbonyl (C=O) groups excluding carboxylic acids is 1. The lowest BCUT2D eigenvalue weighted by molar-refractivity contribution is 0.100. The zero-order chi connectivity index (χ0) is 12.4. The molecule has 4 heteroatoms. The molecule has 0 fully saturated rings. The Morgan fingerprint density at radius 2 is 1.82 bits per heavy atom. The Morgan fingerprint density at radius 3 is 2.47 bits per heavy atom. The zero-order valence-corrected chi connectivity index (χ0v) is 9.61. The Labute approximate surface area is 103 Å². The highest BCUT2D eigenvalue weighted by molar-refractivity contribution is 6.32. The Hall–Kier alpha value is -2.00. The molecule has 2 rings (SSSR count). The predicted molar refractivity (Wildman–Crippen MR) is 67.1 cm³/mol. The molecule has 1 amide bonds. The Morgan fingerprint density at radius 1 is 1.12 bits per heavy atom. The van der Waals surface area contributed by atoms with Crippen LogP contribution in [0.5, 0.6) is 5.75 Å². The van der Waals surface area contributed by atoms with Crippen LogP contribution in [0.1, 0.15) is 10.4 Å². The van der Waals surface area contributed by atoms with E-state index in [1.54, 1.807) is 36.4 Å². The highest BCUT2D eigenvalue weighted by atomic mass is 35.5. The summed E-state index contributed by atoms with van der Waals surface area (Å²) in [6, 6.07) is 11.8. The van der Waals surface area contributed by atoms with Crippen LogP contribution >= 0.6 is 11.6 Å². The zero-order valence-electron chi connectivity index (χ0n) is 8.85. The normalized spacial score (nSPS) is 10.2. The fraction of sp³-hybridized carbons (Fsp3) is 0. The van der Waals surface area contributed by atoms with Gasteiger partial charge in [0.25, 0.3) is 0 Å². The minimum Gasteiger partial charge on any atom is -0.506 e. The van der Waals surface area contributed by atoms with E-state index in [1.165, 1.54) is 0 Å². The lowest BCUT2D eigenvalue weighted by Gasteiger charge is -2.05. The molecule has 0 unspecified atom stereocenters. The van der Waals surface area contributed by atoms with Gasteiger partial charge in [0.05, 0.1) is 5.02 Å². The first-order valence-corrected chi connectivity index (χ1v) is 5.34. The number of aromatic hydroxyl groups is 1. The average Bonchev–Trinajstić information content (AvgIpc) is 2.33. The van der Waals surface area contributed by atoms with Crippen LogP contribution in [0, 0.1) is 0 Å². The summed E-state index contributed by atoms with van der Waals surface area (Å²) in [6.45, 7) is 0. The molecular weight excluding hydrogens is 238 g/mol. The number of hydrogen-bond donors (Lipinski definition) is 2. The maximum atomic E-state index is 11.1. The van der Waals surface area contributed by atoms with E-state index in [1.807, 2.05) is 6.07 Å². The second-order valence-corrected chi connectivity index (χ2v) is 4.02. The number of carbonyl (C=O) groups is 1. The minimum absolute atomic E-state index is 0.00800. The van der Waals surface area contributed by atoms with E-state index in [4.69, 9.17) is 17.3 Å². The largest absolute Gasteiger partial charge is 0.506 e. The first-order valence-electron chi connectivity index (χ1n) is 4.96. The van der Waals surface area contributed by atoms with Crippen molar-refractivity contribution >= 4 is 17.5 Å². The molecule has 0 aliphatic carbocycles. The number of phenols is 1. The topological polar surface area (TPSA) is 63.3 Å². The van der Waals surface area contributed by atoms with Crippen molar-refractivity contribution in [1.29, 1.82) is 0 Å². The molecular formula is C13H10ClNO2. The van der Waals surface area contributed by atoms with Crippen LogP contribution < -0.4 is 5.73 Å². The minimum atomic E-state index is -0.481. The van der Waals surface area contributed by atoms with Gasteiger partial charge in [-0.05, 0) is 35.4 Å². The van der Waals surface area contributed by atoms with Crippen LogP contribution in [-0.2, 0) is 0 Å². The van der Waals surface area contributed by atoms with Crippen molar-refractivity contribution in [2.24, 2.45) is 5.73 Å². The van der Waals surface area contributed by atoms with E-state index in [-0.39, 0.29) is 5.75 Å². The van der Waals surface area contributed by atoms with Crippen LogP contribution in [0.2, 0.25) is 5.02 Å². The molecule has 0 radical (unpaired) electrons. The van der Waals surface area contributed by atoms with Crippen molar-refractivity contribution in [1.82, 2.24) is 0 Å². The summed E-state index contributed by atoms with van der Waals surface area (Å²) < 4.78 is 0. The van der Waals surface area contributed by atoms with Crippen molar-refractivity contribution in [2.75, 3.05) is 0 Å². The lowest BCUT2D eigenvalue weighted by atomic mass is 10.0. The Kier molecular flexibility index (Phi) is 3.02. The number of phenolic OH excluding ortho intramolecular Hbond substituents is 1. The van der Waals surface area contributed by atoms with Crippen molar-refractivity contribution in [3.05, 3.63) is 53.1 Å². The van der Waals surface area contributed by atoms with Gasteiger partial charge in [-0.1, -0.05) is 29.8 Å². The smallest absolute Gasteiger partial charge is 0.248 e. The molecule has 0 bridgehead atoms. The molecule has 0 saturated heterocycles. The monoisotopic (exact) mass is 247 g/mol. The van der Waals surface area contributed by atoms with Crippen LogP contribution in [0.25, 0.3) is 11.1 Å². The van der Waals surface area contributed by atoms with Gasteiger partial charge in [0.1, 0.15) is 5.75 Å². The standard InChI is InChI=1S/C13H10ClNO2/c14-11-5-4-9(7-12(11)16)8-2-1-3-10(6-8)13(15)17/h1-7,16H,(H2,15,17). The van der Waals surface area contributed by atoms with E-state index in [2.05, 4.69) is 0 Å². The second kappa shape index (κ2) is 4.47. The van der Waals surface area contributed by atoms with Gasteiger partial charge >= 0.3 is 0 Å². The Bertz CT molecular complexity index is 581. The molecule has 0 aromatic heterocycles. The van der Waals surface area contributed by atoms with Gasteiger partial charge in [0.15, 0.2) is 0 Å². The van der Waals surface area contributed by atoms with Gasteiger partial charge in [0.2, 0.25) is 5.91 Å². The fourth-order valence-electron chi connectivity index (χ4n) is 1.54. The molecule has 86 valence electrons. The van der Waals surface area contributed by atoms with E-state index < -0.39 is 5.91 Å². The maximum Gasteiger partial charge on any atom is 0.248 e. The third kappa shape index (κ3) is 2.40. The van der Waals surface area contributed by atoms with E-state index in [0.717, 1.165) is 11.1 Å². The molecule has 0 saturated carbocycles. The van der Waals surface area contributed by atoms with Gasteiger partial charge in [-0.15, -0.1) is 0 Å². The third-order valence-corrected chi connectivity index (χ3v) is 2.75. The lowest BCUT2D eigenvalue weighted by Crippen LogP contribution is -2.10. The number of benzene rings is 2. The first kappa shape index (κ1) is 11.5. The summed E-state index contributed by atoms with van der Waals surface area (Å²) in [4.78, 5) is 11.1.